The normalized spacial score (nSPS) is 34.1. The molecule has 5 atom stereocenters. The third-order valence-electron chi connectivity index (χ3n) is 7.39. The molecule has 0 aromatic heterocycles. The molecule has 0 N–H and O–H groups in total. The molecule has 39 heavy (non-hydrogen) atoms. The lowest BCUT2D eigenvalue weighted by molar-refractivity contribution is -0.303. The van der Waals surface area contributed by atoms with E-state index in [0.29, 0.717) is 18.1 Å². The van der Waals surface area contributed by atoms with Crippen LogP contribution in [0.2, 0.25) is 25.7 Å². The van der Waals surface area contributed by atoms with Crippen LogP contribution in [0.4, 0.5) is 9.59 Å². The Labute approximate surface area is 238 Å². The van der Waals surface area contributed by atoms with Crippen LogP contribution in [-0.4, -0.2) is 73.8 Å². The Morgan fingerprint density at radius 1 is 1.21 bits per heavy atom. The Balaban J connectivity index is 1.86. The molecule has 0 saturated carbocycles. The number of allylic oxidation sites excluding steroid dienone is 5. The maximum Gasteiger partial charge on any atom is 0.417 e. The molecule has 0 aliphatic carbocycles. The minimum absolute atomic E-state index is 0.216. The summed E-state index contributed by atoms with van der Waals surface area (Å²) in [6, 6.07) is 0.105. The van der Waals surface area contributed by atoms with Gasteiger partial charge in [0.25, 0.3) is 5.24 Å². The first-order chi connectivity index (χ1) is 18.4. The molecule has 0 aromatic carbocycles. The Hall–Kier alpha value is -1.88. The van der Waals surface area contributed by atoms with Gasteiger partial charge in [0.15, 0.2) is 5.79 Å². The molecular formula is C29H45NO7SSi. The van der Waals surface area contributed by atoms with Crippen LogP contribution in [-0.2, 0) is 23.7 Å². The van der Waals surface area contributed by atoms with Crippen molar-refractivity contribution in [3.63, 3.8) is 0 Å². The number of esters is 1. The molecule has 2 fully saturated rings. The zero-order valence-electron chi connectivity index (χ0n) is 24.3. The van der Waals surface area contributed by atoms with Gasteiger partial charge < -0.3 is 18.9 Å². The van der Waals surface area contributed by atoms with Gasteiger partial charge in [-0.05, 0) is 44.6 Å². The lowest BCUT2D eigenvalue weighted by atomic mass is 9.89. The Kier molecular flexibility index (Phi) is 11.5. The van der Waals surface area contributed by atoms with Crippen molar-refractivity contribution in [2.24, 2.45) is 5.92 Å². The minimum Gasteiger partial charge on any atom is -0.459 e. The molecule has 2 saturated heterocycles. The molecule has 3 aliphatic heterocycles. The number of methoxy groups -OCH3 is 1. The molecule has 0 unspecified atom stereocenters. The summed E-state index contributed by atoms with van der Waals surface area (Å²) >= 11 is 1.05. The largest absolute Gasteiger partial charge is 0.459 e. The lowest BCUT2D eigenvalue weighted by Gasteiger charge is -2.47. The number of carbonyl (C=O) groups is 3. The molecule has 2 amide bonds. The molecule has 3 heterocycles. The van der Waals surface area contributed by atoms with Gasteiger partial charge in [-0.25, -0.2) is 14.5 Å². The zero-order chi connectivity index (χ0) is 28.6. The number of amides is 2. The molecule has 0 spiro atoms. The van der Waals surface area contributed by atoms with Gasteiger partial charge in [-0.2, -0.15) is 0 Å². The summed E-state index contributed by atoms with van der Waals surface area (Å²) in [5.41, 5.74) is 0.945. The van der Waals surface area contributed by atoms with Crippen LogP contribution in [0.5, 0.6) is 0 Å². The lowest BCUT2D eigenvalue weighted by Crippen LogP contribution is -2.61. The van der Waals surface area contributed by atoms with Crippen LogP contribution < -0.4 is 0 Å². The van der Waals surface area contributed by atoms with Gasteiger partial charge in [-0.15, -0.1) is 0 Å². The summed E-state index contributed by atoms with van der Waals surface area (Å²) < 4.78 is 24.1. The number of ether oxygens (including phenoxy) is 4. The first kappa shape index (κ1) is 31.6. The van der Waals surface area contributed by atoms with Crippen molar-refractivity contribution < 1.29 is 33.3 Å². The summed E-state index contributed by atoms with van der Waals surface area (Å²) in [7, 11) is 0.104. The fourth-order valence-corrected chi connectivity index (χ4v) is 6.80. The second-order valence-corrected chi connectivity index (χ2v) is 18.6. The van der Waals surface area contributed by atoms with Crippen molar-refractivity contribution >= 4 is 37.1 Å². The van der Waals surface area contributed by atoms with Crippen LogP contribution >= 0.6 is 11.8 Å². The topological polar surface area (TPSA) is 91.4 Å². The molecule has 0 aromatic rings. The smallest absolute Gasteiger partial charge is 0.417 e. The molecule has 10 heteroatoms. The molecule has 2 bridgehead atoms. The second-order valence-electron chi connectivity index (χ2n) is 12.0. The first-order valence-corrected chi connectivity index (χ1v) is 18.7. The molecule has 3 aliphatic rings. The molecule has 8 nitrogen and oxygen atoms in total. The van der Waals surface area contributed by atoms with E-state index in [1.54, 1.807) is 6.08 Å². The van der Waals surface area contributed by atoms with Gasteiger partial charge in [-0.1, -0.05) is 68.2 Å². The van der Waals surface area contributed by atoms with E-state index in [9.17, 15) is 14.4 Å². The summed E-state index contributed by atoms with van der Waals surface area (Å²) in [5, 5.41) is -0.381. The predicted molar refractivity (Wildman–Crippen MR) is 156 cm³/mol. The van der Waals surface area contributed by atoms with E-state index in [-0.39, 0.29) is 24.4 Å². The SMILES string of the molecule is CO[C@]1([C@@H]2CSC(=O)N2C(=O)OCC[Si](C)(C)C)C[C@H]2C[C@@H](CC[C@H](C)/C=C\C=C\CC/C(C)=C\C(=O)O2)O1. The highest BCUT2D eigenvalue weighted by Crippen LogP contribution is 2.42. The fraction of sp³-hybridized carbons (Fsp3) is 0.690. The van der Waals surface area contributed by atoms with Crippen molar-refractivity contribution in [2.45, 2.75) is 102 Å². The van der Waals surface area contributed by atoms with E-state index in [1.165, 1.54) is 7.11 Å². The number of rotatable bonds is 5. The summed E-state index contributed by atoms with van der Waals surface area (Å²) in [6.07, 6.45) is 12.5. The van der Waals surface area contributed by atoms with Crippen molar-refractivity contribution in [3.8, 4) is 0 Å². The van der Waals surface area contributed by atoms with Crippen molar-refractivity contribution in [1.29, 1.82) is 0 Å². The average Bonchev–Trinajstić information content (AvgIpc) is 3.25. The van der Waals surface area contributed by atoms with Crippen LogP contribution in [0.25, 0.3) is 0 Å². The maximum absolute atomic E-state index is 13.1. The Bertz CT molecular complexity index is 975. The minimum atomic E-state index is -1.42. The molecule has 3 rings (SSSR count). The van der Waals surface area contributed by atoms with Gasteiger partial charge in [0.2, 0.25) is 0 Å². The first-order valence-electron chi connectivity index (χ1n) is 14.0. The number of nitrogens with zero attached hydrogens (tertiary/aromatic N) is 1. The quantitative estimate of drug-likeness (QED) is 0.262. The summed E-state index contributed by atoms with van der Waals surface area (Å²) in [6.45, 7) is 11.0. The predicted octanol–water partition coefficient (Wildman–Crippen LogP) is 6.70. The third kappa shape index (κ3) is 9.33. The van der Waals surface area contributed by atoms with Crippen LogP contribution in [0.1, 0.15) is 52.4 Å². The van der Waals surface area contributed by atoms with Gasteiger partial charge >= 0.3 is 12.1 Å². The fourth-order valence-electron chi connectivity index (χ4n) is 5.04. The highest BCUT2D eigenvalue weighted by molar-refractivity contribution is 8.14. The highest BCUT2D eigenvalue weighted by Gasteiger charge is 2.56. The highest BCUT2D eigenvalue weighted by atomic mass is 32.2. The third-order valence-corrected chi connectivity index (χ3v) is 10.0. The number of fused-ring (bicyclic) bond motifs is 2. The summed E-state index contributed by atoms with van der Waals surface area (Å²) in [4.78, 5) is 40.0. The number of carbonyl (C=O) groups excluding carboxylic acids is 3. The van der Waals surface area contributed by atoms with E-state index in [1.807, 2.05) is 13.0 Å². The second kappa shape index (κ2) is 14.1. The van der Waals surface area contributed by atoms with Crippen LogP contribution in [0.15, 0.2) is 36.0 Å². The Morgan fingerprint density at radius 3 is 2.69 bits per heavy atom. The zero-order valence-corrected chi connectivity index (χ0v) is 26.1. The van der Waals surface area contributed by atoms with Gasteiger partial charge in [0.05, 0.1) is 12.7 Å². The van der Waals surface area contributed by atoms with E-state index < -0.39 is 38.1 Å². The van der Waals surface area contributed by atoms with E-state index in [0.717, 1.165) is 54.0 Å². The van der Waals surface area contributed by atoms with Crippen molar-refractivity contribution in [3.05, 3.63) is 36.0 Å². The standard InChI is InChI=1S/C29H45NO7SSi/c1-21-11-9-7-8-10-12-22(2)17-26(31)36-24-18-23(14-13-21)37-29(19-24,34-3)25-20-38-28(33)30(25)27(32)35-15-16-39(4,5)6/h7-9,11,17,21,23-25H,10,12-16,18-20H2,1-6H3/b8-7+,11-9-,22-17-/t21-,23-,24-,25+,29-/m1/s1. The average molecular weight is 580 g/mol. The Morgan fingerprint density at radius 2 is 1.97 bits per heavy atom. The molecule has 0 radical (unpaired) electrons. The molecule has 218 valence electrons. The van der Waals surface area contributed by atoms with Gasteiger partial charge in [0, 0.05) is 39.9 Å². The molecular weight excluding hydrogens is 534 g/mol. The van der Waals surface area contributed by atoms with E-state index in [4.69, 9.17) is 18.9 Å². The van der Waals surface area contributed by atoms with Gasteiger partial charge in [-0.3, -0.25) is 4.79 Å². The van der Waals surface area contributed by atoms with Crippen LogP contribution in [0, 0.1) is 5.92 Å². The number of thioether (sulfide) groups is 1. The van der Waals surface area contributed by atoms with E-state index in [2.05, 4.69) is 44.8 Å². The van der Waals surface area contributed by atoms with Crippen molar-refractivity contribution in [1.82, 2.24) is 4.90 Å². The van der Waals surface area contributed by atoms with Crippen LogP contribution in [0.3, 0.4) is 0 Å². The number of hydrogen-bond acceptors (Lipinski definition) is 8. The number of imide groups is 1. The van der Waals surface area contributed by atoms with Crippen molar-refractivity contribution in [2.75, 3.05) is 19.5 Å². The number of hydrogen-bond donors (Lipinski definition) is 0. The van der Waals surface area contributed by atoms with E-state index >= 15 is 0 Å². The summed E-state index contributed by atoms with van der Waals surface area (Å²) in [5.74, 6) is -1.06. The van der Waals surface area contributed by atoms with Gasteiger partial charge in [0.1, 0.15) is 12.1 Å². The maximum atomic E-state index is 13.1. The monoisotopic (exact) mass is 579 g/mol.